The summed E-state index contributed by atoms with van der Waals surface area (Å²) < 4.78 is 0. The molecule has 1 fully saturated rings. The molecule has 2 N–H and O–H groups in total. The molecule has 70 valence electrons. The molecule has 3 heteroatoms. The highest BCUT2D eigenvalue weighted by Crippen LogP contribution is 2.30. The molecule has 0 amide bonds. The van der Waals surface area contributed by atoms with Crippen LogP contribution in [-0.4, -0.2) is 11.6 Å². The summed E-state index contributed by atoms with van der Waals surface area (Å²) in [5.41, 5.74) is 1.23. The molecule has 1 aromatic rings. The summed E-state index contributed by atoms with van der Waals surface area (Å²) in [5, 5.41) is 2.68. The second-order valence-electron chi connectivity index (χ2n) is 3.45. The smallest absolute Gasteiger partial charge is 0.0491 e. The molecule has 1 heterocycles. The van der Waals surface area contributed by atoms with Crippen molar-refractivity contribution < 1.29 is 0 Å². The summed E-state index contributed by atoms with van der Waals surface area (Å²) in [6.45, 7) is 0.983. The maximum Gasteiger partial charge on any atom is 0.0491 e. The fraction of sp³-hybridized carbons (Fsp3) is 0.400. The summed E-state index contributed by atoms with van der Waals surface area (Å²) in [6.07, 6.45) is 2.31. The van der Waals surface area contributed by atoms with Crippen LogP contribution >= 0.6 is 11.6 Å². The van der Waals surface area contributed by atoms with Crippen molar-refractivity contribution in [3.8, 4) is 0 Å². The first kappa shape index (κ1) is 9.00. The Kier molecular flexibility index (Phi) is 2.54. The van der Waals surface area contributed by atoms with E-state index in [1.807, 2.05) is 23.2 Å². The van der Waals surface area contributed by atoms with Gasteiger partial charge in [-0.1, -0.05) is 23.7 Å². The molecular formula is C10H13ClN2. The maximum atomic E-state index is 5.91. The van der Waals surface area contributed by atoms with Crippen molar-refractivity contribution in [2.45, 2.75) is 18.9 Å². The van der Waals surface area contributed by atoms with Gasteiger partial charge in [-0.2, -0.15) is 0 Å². The molecule has 1 aliphatic rings. The van der Waals surface area contributed by atoms with Crippen molar-refractivity contribution in [1.82, 2.24) is 5.01 Å². The van der Waals surface area contributed by atoms with Gasteiger partial charge in [0.25, 0.3) is 0 Å². The molecule has 0 aliphatic carbocycles. The van der Waals surface area contributed by atoms with Crippen LogP contribution < -0.4 is 5.84 Å². The predicted molar refractivity (Wildman–Crippen MR) is 54.3 cm³/mol. The van der Waals surface area contributed by atoms with Crippen molar-refractivity contribution in [2.75, 3.05) is 6.54 Å². The van der Waals surface area contributed by atoms with Crippen LogP contribution in [0.5, 0.6) is 0 Å². The summed E-state index contributed by atoms with van der Waals surface area (Å²) >= 11 is 5.91. The quantitative estimate of drug-likeness (QED) is 0.699. The first-order valence-electron chi connectivity index (χ1n) is 4.54. The Morgan fingerprint density at radius 3 is 2.92 bits per heavy atom. The molecule has 0 bridgehead atoms. The summed E-state index contributed by atoms with van der Waals surface area (Å²) in [4.78, 5) is 0. The molecule has 2 rings (SSSR count). The van der Waals surface area contributed by atoms with E-state index in [1.54, 1.807) is 0 Å². The molecular weight excluding hydrogens is 184 g/mol. The van der Waals surface area contributed by atoms with E-state index in [0.717, 1.165) is 18.0 Å². The van der Waals surface area contributed by atoms with Crippen molar-refractivity contribution in [2.24, 2.45) is 5.84 Å². The number of benzene rings is 1. The Morgan fingerprint density at radius 2 is 2.31 bits per heavy atom. The van der Waals surface area contributed by atoms with Gasteiger partial charge in [0.1, 0.15) is 0 Å². The fourth-order valence-electron chi connectivity index (χ4n) is 1.86. The second kappa shape index (κ2) is 3.66. The highest BCUT2D eigenvalue weighted by Gasteiger charge is 2.22. The van der Waals surface area contributed by atoms with E-state index >= 15 is 0 Å². The molecule has 1 atom stereocenters. The molecule has 0 aromatic heterocycles. The molecule has 0 saturated carbocycles. The van der Waals surface area contributed by atoms with E-state index in [9.17, 15) is 0 Å². The average Bonchev–Trinajstić information content (AvgIpc) is 2.51. The second-order valence-corrected chi connectivity index (χ2v) is 3.89. The summed E-state index contributed by atoms with van der Waals surface area (Å²) in [6, 6.07) is 8.31. The van der Waals surface area contributed by atoms with Crippen LogP contribution in [0, 0.1) is 0 Å². The zero-order valence-corrected chi connectivity index (χ0v) is 8.17. The zero-order chi connectivity index (χ0) is 9.26. The van der Waals surface area contributed by atoms with E-state index < -0.39 is 0 Å². The summed E-state index contributed by atoms with van der Waals surface area (Å²) in [7, 11) is 0. The van der Waals surface area contributed by atoms with Crippen molar-refractivity contribution in [3.63, 3.8) is 0 Å². The number of hydrazine groups is 1. The highest BCUT2D eigenvalue weighted by atomic mass is 35.5. The van der Waals surface area contributed by atoms with Gasteiger partial charge in [-0.15, -0.1) is 0 Å². The minimum absolute atomic E-state index is 0.360. The van der Waals surface area contributed by atoms with Crippen LogP contribution in [0.4, 0.5) is 0 Å². The van der Waals surface area contributed by atoms with Gasteiger partial charge in [-0.3, -0.25) is 5.84 Å². The Morgan fingerprint density at radius 1 is 1.46 bits per heavy atom. The van der Waals surface area contributed by atoms with E-state index in [0.29, 0.717) is 6.04 Å². The Labute approximate surface area is 83.3 Å². The Bertz CT molecular complexity index is 301. The molecule has 1 saturated heterocycles. The number of rotatable bonds is 1. The molecule has 0 radical (unpaired) electrons. The molecule has 0 spiro atoms. The minimum Gasteiger partial charge on any atom is -0.268 e. The van der Waals surface area contributed by atoms with Gasteiger partial charge in [-0.25, -0.2) is 5.01 Å². The van der Waals surface area contributed by atoms with Gasteiger partial charge in [0.2, 0.25) is 0 Å². The number of halogens is 1. The van der Waals surface area contributed by atoms with E-state index in [2.05, 4.69) is 6.07 Å². The largest absolute Gasteiger partial charge is 0.268 e. The lowest BCUT2D eigenvalue weighted by Crippen LogP contribution is -2.30. The highest BCUT2D eigenvalue weighted by molar-refractivity contribution is 6.30. The monoisotopic (exact) mass is 196 g/mol. The first-order valence-corrected chi connectivity index (χ1v) is 4.92. The lowest BCUT2D eigenvalue weighted by atomic mass is 10.1. The molecule has 2 nitrogen and oxygen atoms in total. The minimum atomic E-state index is 0.360. The third-order valence-electron chi connectivity index (χ3n) is 2.53. The van der Waals surface area contributed by atoms with Gasteiger partial charge in [0.15, 0.2) is 0 Å². The van der Waals surface area contributed by atoms with Crippen molar-refractivity contribution in [3.05, 3.63) is 34.9 Å². The van der Waals surface area contributed by atoms with Gasteiger partial charge in [-0.05, 0) is 30.5 Å². The topological polar surface area (TPSA) is 29.3 Å². The third kappa shape index (κ3) is 1.85. The van der Waals surface area contributed by atoms with Crippen molar-refractivity contribution >= 4 is 11.6 Å². The Hall–Kier alpha value is -0.570. The zero-order valence-electron chi connectivity index (χ0n) is 7.41. The number of nitrogens with zero attached hydrogens (tertiary/aromatic N) is 1. The van der Waals surface area contributed by atoms with Gasteiger partial charge in [0, 0.05) is 17.6 Å². The van der Waals surface area contributed by atoms with E-state index in [1.165, 1.54) is 12.0 Å². The SMILES string of the molecule is NN1CCCC1c1cccc(Cl)c1. The lowest BCUT2D eigenvalue weighted by molar-refractivity contribution is 0.266. The number of hydrogen-bond donors (Lipinski definition) is 1. The number of hydrogen-bond acceptors (Lipinski definition) is 2. The standard InChI is InChI=1S/C10H13ClN2/c11-9-4-1-3-8(7-9)10-5-2-6-13(10)12/h1,3-4,7,10H,2,5-6,12H2. The van der Waals surface area contributed by atoms with Crippen molar-refractivity contribution in [1.29, 1.82) is 0 Å². The maximum absolute atomic E-state index is 5.91. The normalized spacial score (nSPS) is 23.7. The lowest BCUT2D eigenvalue weighted by Gasteiger charge is -2.19. The van der Waals surface area contributed by atoms with E-state index in [-0.39, 0.29) is 0 Å². The van der Waals surface area contributed by atoms with Crippen LogP contribution in [-0.2, 0) is 0 Å². The molecule has 13 heavy (non-hydrogen) atoms. The number of nitrogens with two attached hydrogens (primary N) is 1. The Balaban J connectivity index is 2.24. The van der Waals surface area contributed by atoms with Gasteiger partial charge >= 0.3 is 0 Å². The van der Waals surface area contributed by atoms with Crippen LogP contribution in [0.3, 0.4) is 0 Å². The summed E-state index contributed by atoms with van der Waals surface area (Å²) in [5.74, 6) is 5.85. The fourth-order valence-corrected chi connectivity index (χ4v) is 2.06. The first-order chi connectivity index (χ1) is 6.27. The van der Waals surface area contributed by atoms with Gasteiger partial charge < -0.3 is 0 Å². The van der Waals surface area contributed by atoms with Crippen LogP contribution in [0.2, 0.25) is 5.02 Å². The third-order valence-corrected chi connectivity index (χ3v) is 2.76. The molecule has 1 unspecified atom stereocenters. The molecule has 1 aromatic carbocycles. The van der Waals surface area contributed by atoms with E-state index in [4.69, 9.17) is 17.4 Å². The van der Waals surface area contributed by atoms with Crippen LogP contribution in [0.1, 0.15) is 24.4 Å². The van der Waals surface area contributed by atoms with Crippen LogP contribution in [0.25, 0.3) is 0 Å². The molecule has 1 aliphatic heterocycles. The van der Waals surface area contributed by atoms with Crippen LogP contribution in [0.15, 0.2) is 24.3 Å². The average molecular weight is 197 g/mol. The predicted octanol–water partition coefficient (Wildman–Crippen LogP) is 2.35. The van der Waals surface area contributed by atoms with Gasteiger partial charge in [0.05, 0.1) is 0 Å².